The lowest BCUT2D eigenvalue weighted by Crippen LogP contribution is -2.23. The predicted octanol–water partition coefficient (Wildman–Crippen LogP) is 4.12. The first-order chi connectivity index (χ1) is 12.8. The smallest absolute Gasteiger partial charge is 0.224 e. The molecule has 0 saturated heterocycles. The Bertz CT molecular complexity index is 823. The molecule has 26 heavy (non-hydrogen) atoms. The number of ether oxygens (including phenoxy) is 1. The summed E-state index contributed by atoms with van der Waals surface area (Å²) in [6, 6.07) is 20.3. The first kappa shape index (κ1) is 17.7. The Labute approximate surface area is 154 Å². The van der Waals surface area contributed by atoms with E-state index in [1.165, 1.54) is 5.56 Å². The van der Waals surface area contributed by atoms with Crippen LogP contribution in [-0.2, 0) is 13.1 Å². The van der Waals surface area contributed by atoms with Crippen LogP contribution in [0.25, 0.3) is 0 Å². The van der Waals surface area contributed by atoms with Gasteiger partial charge in [-0.25, -0.2) is 4.98 Å². The van der Waals surface area contributed by atoms with E-state index in [-0.39, 0.29) is 0 Å². The van der Waals surface area contributed by atoms with Gasteiger partial charge in [0.15, 0.2) is 0 Å². The van der Waals surface area contributed by atoms with Crippen molar-refractivity contribution in [3.05, 3.63) is 78.0 Å². The highest BCUT2D eigenvalue weighted by Gasteiger charge is 2.09. The number of nitrogens with zero attached hydrogens (tertiary/aromatic N) is 3. The van der Waals surface area contributed by atoms with Crippen molar-refractivity contribution < 1.29 is 4.74 Å². The molecule has 0 radical (unpaired) electrons. The van der Waals surface area contributed by atoms with Crippen LogP contribution in [0.3, 0.4) is 0 Å². The van der Waals surface area contributed by atoms with Crippen LogP contribution >= 0.6 is 0 Å². The van der Waals surface area contributed by atoms with E-state index in [4.69, 9.17) is 4.74 Å². The molecule has 0 aliphatic heterocycles. The zero-order valence-electron chi connectivity index (χ0n) is 15.2. The monoisotopic (exact) mass is 348 g/mol. The van der Waals surface area contributed by atoms with Gasteiger partial charge in [-0.3, -0.25) is 0 Å². The van der Waals surface area contributed by atoms with Gasteiger partial charge in [0, 0.05) is 31.4 Å². The maximum atomic E-state index is 5.39. The number of hydrogen-bond donors (Lipinski definition) is 1. The third-order valence-corrected chi connectivity index (χ3v) is 4.19. The van der Waals surface area contributed by atoms with Crippen LogP contribution in [0.2, 0.25) is 0 Å². The molecule has 0 bridgehead atoms. The van der Waals surface area contributed by atoms with E-state index in [0.29, 0.717) is 12.5 Å². The van der Waals surface area contributed by atoms with E-state index in [1.807, 2.05) is 36.4 Å². The van der Waals surface area contributed by atoms with Crippen molar-refractivity contribution in [1.82, 2.24) is 9.97 Å². The van der Waals surface area contributed by atoms with E-state index in [0.717, 1.165) is 30.2 Å². The average molecular weight is 348 g/mol. The molecule has 2 aromatic carbocycles. The fourth-order valence-electron chi connectivity index (χ4n) is 2.79. The van der Waals surface area contributed by atoms with E-state index < -0.39 is 0 Å². The van der Waals surface area contributed by atoms with E-state index in [2.05, 4.69) is 51.4 Å². The second-order valence-corrected chi connectivity index (χ2v) is 5.90. The van der Waals surface area contributed by atoms with Crippen LogP contribution in [0.4, 0.5) is 11.8 Å². The van der Waals surface area contributed by atoms with Gasteiger partial charge < -0.3 is 15.0 Å². The number of aromatic nitrogens is 2. The summed E-state index contributed by atoms with van der Waals surface area (Å²) in [6.45, 7) is 4.43. The van der Waals surface area contributed by atoms with Gasteiger partial charge in [0.25, 0.3) is 0 Å². The van der Waals surface area contributed by atoms with Crippen LogP contribution in [0.15, 0.2) is 66.9 Å². The van der Waals surface area contributed by atoms with Crippen LogP contribution in [-0.4, -0.2) is 23.6 Å². The lowest BCUT2D eigenvalue weighted by molar-refractivity contribution is 0.410. The number of anilines is 2. The molecule has 0 unspecified atom stereocenters. The Morgan fingerprint density at radius 2 is 1.77 bits per heavy atom. The van der Waals surface area contributed by atoms with Crippen molar-refractivity contribution in [2.45, 2.75) is 20.0 Å². The standard InChI is InChI=1S/C21H24N4O/c1-3-25(16-17-9-5-4-6-10-17)20-13-14-22-21(24-20)23-15-18-11-7-8-12-19(18)26-2/h4-14H,3,15-16H2,1-2H3,(H,22,23,24). The fourth-order valence-corrected chi connectivity index (χ4v) is 2.79. The Morgan fingerprint density at radius 3 is 2.54 bits per heavy atom. The lowest BCUT2D eigenvalue weighted by Gasteiger charge is -2.22. The van der Waals surface area contributed by atoms with Gasteiger partial charge in [0.1, 0.15) is 11.6 Å². The van der Waals surface area contributed by atoms with Crippen LogP contribution < -0.4 is 15.0 Å². The van der Waals surface area contributed by atoms with Crippen molar-refractivity contribution in [3.8, 4) is 5.75 Å². The summed E-state index contributed by atoms with van der Waals surface area (Å²) in [5, 5.41) is 3.29. The molecule has 0 aliphatic rings. The molecular weight excluding hydrogens is 324 g/mol. The number of nitrogens with one attached hydrogen (secondary N) is 1. The fraction of sp³-hybridized carbons (Fsp3) is 0.238. The Kier molecular flexibility index (Phi) is 6.04. The number of hydrogen-bond acceptors (Lipinski definition) is 5. The highest BCUT2D eigenvalue weighted by molar-refractivity contribution is 5.44. The quantitative estimate of drug-likeness (QED) is 0.663. The molecule has 3 aromatic rings. The normalized spacial score (nSPS) is 10.4. The molecule has 0 aliphatic carbocycles. The summed E-state index contributed by atoms with van der Waals surface area (Å²) in [5.41, 5.74) is 2.33. The SMILES string of the molecule is CCN(Cc1ccccc1)c1ccnc(NCc2ccccc2OC)n1. The summed E-state index contributed by atoms with van der Waals surface area (Å²) >= 11 is 0. The number of para-hydroxylation sites is 1. The second kappa shape index (κ2) is 8.85. The van der Waals surface area contributed by atoms with Crippen molar-refractivity contribution in [1.29, 1.82) is 0 Å². The Morgan fingerprint density at radius 1 is 1.00 bits per heavy atom. The molecule has 0 saturated carbocycles. The van der Waals surface area contributed by atoms with Crippen LogP contribution in [0.5, 0.6) is 5.75 Å². The lowest BCUT2D eigenvalue weighted by atomic mass is 10.2. The zero-order chi connectivity index (χ0) is 18.2. The number of benzene rings is 2. The summed E-state index contributed by atoms with van der Waals surface area (Å²) < 4.78 is 5.39. The van der Waals surface area contributed by atoms with Gasteiger partial charge in [-0.15, -0.1) is 0 Å². The molecule has 1 aromatic heterocycles. The van der Waals surface area contributed by atoms with Crippen LogP contribution in [0, 0.1) is 0 Å². The summed E-state index contributed by atoms with van der Waals surface area (Å²) in [4.78, 5) is 11.2. The second-order valence-electron chi connectivity index (χ2n) is 5.90. The van der Waals surface area contributed by atoms with Gasteiger partial charge in [-0.05, 0) is 24.6 Å². The third-order valence-electron chi connectivity index (χ3n) is 4.19. The van der Waals surface area contributed by atoms with Crippen molar-refractivity contribution >= 4 is 11.8 Å². The van der Waals surface area contributed by atoms with E-state index >= 15 is 0 Å². The minimum atomic E-state index is 0.609. The average Bonchev–Trinajstić information content (AvgIpc) is 2.71. The first-order valence-electron chi connectivity index (χ1n) is 8.78. The third kappa shape index (κ3) is 4.51. The predicted molar refractivity (Wildman–Crippen MR) is 106 cm³/mol. The van der Waals surface area contributed by atoms with Gasteiger partial charge >= 0.3 is 0 Å². The molecule has 0 amide bonds. The maximum Gasteiger partial charge on any atom is 0.224 e. The minimum Gasteiger partial charge on any atom is -0.496 e. The topological polar surface area (TPSA) is 50.3 Å². The maximum absolute atomic E-state index is 5.39. The van der Waals surface area contributed by atoms with E-state index in [9.17, 15) is 0 Å². The molecule has 3 rings (SSSR count). The molecule has 5 nitrogen and oxygen atoms in total. The first-order valence-corrected chi connectivity index (χ1v) is 8.78. The highest BCUT2D eigenvalue weighted by Crippen LogP contribution is 2.19. The summed E-state index contributed by atoms with van der Waals surface area (Å²) in [7, 11) is 1.68. The van der Waals surface area contributed by atoms with Gasteiger partial charge in [0.05, 0.1) is 7.11 Å². The summed E-state index contributed by atoms with van der Waals surface area (Å²) in [6.07, 6.45) is 1.79. The van der Waals surface area contributed by atoms with E-state index in [1.54, 1.807) is 13.3 Å². The zero-order valence-corrected chi connectivity index (χ0v) is 15.2. The minimum absolute atomic E-state index is 0.609. The molecule has 5 heteroatoms. The van der Waals surface area contributed by atoms with Gasteiger partial charge in [-0.2, -0.15) is 4.98 Å². The van der Waals surface area contributed by atoms with Crippen LogP contribution in [0.1, 0.15) is 18.1 Å². The molecule has 0 fully saturated rings. The highest BCUT2D eigenvalue weighted by atomic mass is 16.5. The Balaban J connectivity index is 1.70. The van der Waals surface area contributed by atoms with Crippen molar-refractivity contribution in [3.63, 3.8) is 0 Å². The number of rotatable bonds is 8. The molecule has 1 heterocycles. The largest absolute Gasteiger partial charge is 0.496 e. The van der Waals surface area contributed by atoms with Crippen molar-refractivity contribution in [2.75, 3.05) is 23.9 Å². The van der Waals surface area contributed by atoms with Crippen molar-refractivity contribution in [2.24, 2.45) is 0 Å². The molecule has 1 N–H and O–H groups in total. The van der Waals surface area contributed by atoms with Gasteiger partial charge in [0.2, 0.25) is 5.95 Å². The molecule has 0 spiro atoms. The number of methoxy groups -OCH3 is 1. The molecular formula is C21H24N4O. The molecule has 134 valence electrons. The Hall–Kier alpha value is -3.08. The summed E-state index contributed by atoms with van der Waals surface area (Å²) in [5.74, 6) is 2.38. The van der Waals surface area contributed by atoms with Gasteiger partial charge in [-0.1, -0.05) is 48.5 Å². The molecule has 0 atom stereocenters.